The van der Waals surface area contributed by atoms with E-state index < -0.39 is 0 Å². The van der Waals surface area contributed by atoms with E-state index in [0.29, 0.717) is 18.2 Å². The van der Waals surface area contributed by atoms with Crippen LogP contribution in [0.4, 0.5) is 11.4 Å². The highest BCUT2D eigenvalue weighted by Crippen LogP contribution is 2.34. The van der Waals surface area contributed by atoms with Gasteiger partial charge in [-0.3, -0.25) is 15.1 Å². The summed E-state index contributed by atoms with van der Waals surface area (Å²) in [5, 5.41) is 11.0. The summed E-state index contributed by atoms with van der Waals surface area (Å²) in [5.74, 6) is 0.415. The fourth-order valence-corrected chi connectivity index (χ4v) is 2.41. The van der Waals surface area contributed by atoms with Crippen molar-refractivity contribution in [1.29, 1.82) is 0 Å². The second kappa shape index (κ2) is 4.67. The molecule has 92 valence electrons. The van der Waals surface area contributed by atoms with Crippen LogP contribution in [0.5, 0.6) is 0 Å². The molecule has 6 nitrogen and oxygen atoms in total. The third-order valence-electron chi connectivity index (χ3n) is 3.28. The van der Waals surface area contributed by atoms with Crippen LogP contribution >= 0.6 is 0 Å². The van der Waals surface area contributed by atoms with Crippen molar-refractivity contribution >= 4 is 11.4 Å². The molecule has 2 N–H and O–H groups in total. The molecule has 1 aliphatic heterocycles. The molecule has 0 radical (unpaired) electrons. The number of nitrogens with zero attached hydrogens (tertiary/aromatic N) is 3. The predicted octanol–water partition coefficient (Wildman–Crippen LogP) is 1.16. The Morgan fingerprint density at radius 2 is 2.47 bits per heavy atom. The van der Waals surface area contributed by atoms with Crippen molar-refractivity contribution in [2.45, 2.75) is 19.4 Å². The molecule has 2 heterocycles. The summed E-state index contributed by atoms with van der Waals surface area (Å²) in [6.07, 6.45) is 3.87. The minimum Gasteiger partial charge on any atom is -0.363 e. The van der Waals surface area contributed by atoms with E-state index in [9.17, 15) is 10.1 Å². The lowest BCUT2D eigenvalue weighted by Crippen LogP contribution is -2.28. The largest absolute Gasteiger partial charge is 0.363 e. The van der Waals surface area contributed by atoms with Gasteiger partial charge in [-0.05, 0) is 31.9 Å². The number of aromatic nitrogens is 1. The van der Waals surface area contributed by atoms with E-state index in [1.54, 1.807) is 12.3 Å². The quantitative estimate of drug-likeness (QED) is 0.628. The van der Waals surface area contributed by atoms with Gasteiger partial charge in [-0.25, -0.2) is 0 Å². The number of pyridine rings is 1. The minimum absolute atomic E-state index is 0.0667. The molecule has 2 atom stereocenters. The maximum absolute atomic E-state index is 11.0. The minimum atomic E-state index is -0.384. The van der Waals surface area contributed by atoms with Crippen LogP contribution in [0.25, 0.3) is 0 Å². The molecule has 1 aromatic heterocycles. The van der Waals surface area contributed by atoms with E-state index >= 15 is 0 Å². The molecule has 17 heavy (non-hydrogen) atoms. The topological polar surface area (TPSA) is 85.3 Å². The zero-order chi connectivity index (χ0) is 12.4. The van der Waals surface area contributed by atoms with Crippen LogP contribution in [0.3, 0.4) is 0 Å². The van der Waals surface area contributed by atoms with Crippen molar-refractivity contribution in [2.75, 3.05) is 18.0 Å². The lowest BCUT2D eigenvalue weighted by molar-refractivity contribution is -0.384. The lowest BCUT2D eigenvalue weighted by Gasteiger charge is -2.23. The summed E-state index contributed by atoms with van der Waals surface area (Å²) in [4.78, 5) is 16.4. The molecule has 1 aromatic rings. The standard InChI is InChI=1S/C11H16N4O2/c1-8-4-9(5-12)7-14(8)10-2-3-13-6-11(10)15(16)17/h2-3,6,8-9H,4-5,7,12H2,1H3. The Kier molecular flexibility index (Phi) is 3.23. The third-order valence-corrected chi connectivity index (χ3v) is 3.28. The SMILES string of the molecule is CC1CC(CN)CN1c1ccncc1[N+](=O)[O-]. The van der Waals surface area contributed by atoms with Crippen molar-refractivity contribution in [1.82, 2.24) is 4.98 Å². The molecule has 2 rings (SSSR count). The van der Waals surface area contributed by atoms with Crippen LogP contribution in [0.2, 0.25) is 0 Å². The van der Waals surface area contributed by atoms with Gasteiger partial charge < -0.3 is 10.6 Å². The van der Waals surface area contributed by atoms with Crippen LogP contribution in [0.15, 0.2) is 18.5 Å². The third kappa shape index (κ3) is 2.21. The fourth-order valence-electron chi connectivity index (χ4n) is 2.41. The van der Waals surface area contributed by atoms with Crippen LogP contribution in [-0.2, 0) is 0 Å². The molecular weight excluding hydrogens is 220 g/mol. The number of nitro groups is 1. The number of hydrogen-bond acceptors (Lipinski definition) is 5. The number of rotatable bonds is 3. The van der Waals surface area contributed by atoms with Gasteiger partial charge in [0.15, 0.2) is 0 Å². The van der Waals surface area contributed by atoms with E-state index in [1.165, 1.54) is 6.20 Å². The van der Waals surface area contributed by atoms with Gasteiger partial charge in [0.05, 0.1) is 4.92 Å². The van der Waals surface area contributed by atoms with E-state index in [4.69, 9.17) is 5.73 Å². The summed E-state index contributed by atoms with van der Waals surface area (Å²) in [6, 6.07) is 1.98. The summed E-state index contributed by atoms with van der Waals surface area (Å²) in [6.45, 7) is 3.47. The average Bonchev–Trinajstić information content (AvgIpc) is 2.70. The molecule has 0 amide bonds. The first-order valence-electron chi connectivity index (χ1n) is 5.68. The number of nitrogens with two attached hydrogens (primary N) is 1. The van der Waals surface area contributed by atoms with E-state index in [0.717, 1.165) is 13.0 Å². The van der Waals surface area contributed by atoms with Gasteiger partial charge in [0, 0.05) is 18.8 Å². The molecule has 6 heteroatoms. The highest BCUT2D eigenvalue weighted by Gasteiger charge is 2.31. The number of hydrogen-bond donors (Lipinski definition) is 1. The van der Waals surface area contributed by atoms with Gasteiger partial charge in [-0.1, -0.05) is 0 Å². The Bertz CT molecular complexity index is 424. The number of anilines is 1. The Hall–Kier alpha value is -1.69. The summed E-state index contributed by atoms with van der Waals surface area (Å²) >= 11 is 0. The Balaban J connectivity index is 2.31. The smallest absolute Gasteiger partial charge is 0.310 e. The first-order valence-corrected chi connectivity index (χ1v) is 5.68. The van der Waals surface area contributed by atoms with Gasteiger partial charge in [0.25, 0.3) is 0 Å². The van der Waals surface area contributed by atoms with Gasteiger partial charge >= 0.3 is 5.69 Å². The molecule has 0 spiro atoms. The van der Waals surface area contributed by atoms with Gasteiger partial charge in [-0.2, -0.15) is 0 Å². The van der Waals surface area contributed by atoms with Crippen molar-refractivity contribution in [2.24, 2.45) is 11.7 Å². The van der Waals surface area contributed by atoms with Crippen LogP contribution in [0, 0.1) is 16.0 Å². The van der Waals surface area contributed by atoms with E-state index in [1.807, 2.05) is 0 Å². The first kappa shape index (κ1) is 11.8. The molecule has 1 saturated heterocycles. The summed E-state index contributed by atoms with van der Waals surface area (Å²) < 4.78 is 0. The highest BCUT2D eigenvalue weighted by molar-refractivity contribution is 5.62. The van der Waals surface area contributed by atoms with Gasteiger partial charge in [0.1, 0.15) is 11.9 Å². The van der Waals surface area contributed by atoms with Crippen molar-refractivity contribution < 1.29 is 4.92 Å². The average molecular weight is 236 g/mol. The molecule has 1 fully saturated rings. The van der Waals surface area contributed by atoms with Crippen molar-refractivity contribution in [3.05, 3.63) is 28.6 Å². The summed E-state index contributed by atoms with van der Waals surface area (Å²) in [7, 11) is 0. The van der Waals surface area contributed by atoms with Crippen LogP contribution < -0.4 is 10.6 Å². The van der Waals surface area contributed by atoms with Gasteiger partial charge in [-0.15, -0.1) is 0 Å². The Morgan fingerprint density at radius 3 is 3.06 bits per heavy atom. The Morgan fingerprint density at radius 1 is 1.71 bits per heavy atom. The maximum Gasteiger partial charge on any atom is 0.310 e. The maximum atomic E-state index is 11.0. The van der Waals surface area contributed by atoms with E-state index in [-0.39, 0.29) is 16.7 Å². The molecule has 0 aliphatic carbocycles. The monoisotopic (exact) mass is 236 g/mol. The molecular formula is C11H16N4O2. The predicted molar refractivity (Wildman–Crippen MR) is 64.9 cm³/mol. The van der Waals surface area contributed by atoms with Gasteiger partial charge in [0.2, 0.25) is 0 Å². The zero-order valence-corrected chi connectivity index (χ0v) is 9.74. The molecule has 0 saturated carbocycles. The second-order valence-corrected chi connectivity index (χ2v) is 4.46. The molecule has 2 unspecified atom stereocenters. The Labute approximate surface area is 99.6 Å². The van der Waals surface area contributed by atoms with Crippen molar-refractivity contribution in [3.8, 4) is 0 Å². The van der Waals surface area contributed by atoms with Crippen molar-refractivity contribution in [3.63, 3.8) is 0 Å². The molecule has 0 aromatic carbocycles. The lowest BCUT2D eigenvalue weighted by atomic mass is 10.1. The normalized spacial score (nSPS) is 24.0. The molecule has 0 bridgehead atoms. The highest BCUT2D eigenvalue weighted by atomic mass is 16.6. The first-order chi connectivity index (χ1) is 8.13. The van der Waals surface area contributed by atoms with E-state index in [2.05, 4.69) is 16.8 Å². The van der Waals surface area contributed by atoms with Crippen LogP contribution in [0.1, 0.15) is 13.3 Å². The summed E-state index contributed by atoms with van der Waals surface area (Å²) in [5.41, 5.74) is 6.37. The zero-order valence-electron chi connectivity index (χ0n) is 9.74. The molecule has 1 aliphatic rings. The van der Waals surface area contributed by atoms with Crippen LogP contribution in [-0.4, -0.2) is 29.0 Å². The second-order valence-electron chi connectivity index (χ2n) is 4.46. The fraction of sp³-hybridized carbons (Fsp3) is 0.545.